The summed E-state index contributed by atoms with van der Waals surface area (Å²) in [6.45, 7) is 1.09. The van der Waals surface area contributed by atoms with Crippen molar-refractivity contribution in [3.05, 3.63) is 50.4 Å². The summed E-state index contributed by atoms with van der Waals surface area (Å²) in [6, 6.07) is 4.22. The second kappa shape index (κ2) is 6.80. The van der Waals surface area contributed by atoms with Crippen LogP contribution in [0.1, 0.15) is 5.56 Å². The Morgan fingerprint density at radius 2 is 1.96 bits per heavy atom. The SMILES string of the molecule is Cc1ccc(NC(=O)Cn2c(=O)c(N(C)C)c(N)n(C)c2=O)cc1F. The van der Waals surface area contributed by atoms with Gasteiger partial charge in [0.25, 0.3) is 5.56 Å². The van der Waals surface area contributed by atoms with Crippen molar-refractivity contribution in [2.45, 2.75) is 13.5 Å². The molecule has 0 aliphatic heterocycles. The van der Waals surface area contributed by atoms with Gasteiger partial charge in [0.2, 0.25) is 5.91 Å². The third-order valence-corrected chi connectivity index (χ3v) is 3.77. The zero-order valence-corrected chi connectivity index (χ0v) is 14.5. The van der Waals surface area contributed by atoms with E-state index < -0.39 is 29.5 Å². The van der Waals surface area contributed by atoms with E-state index in [4.69, 9.17) is 5.73 Å². The number of anilines is 3. The van der Waals surface area contributed by atoms with E-state index in [-0.39, 0.29) is 17.2 Å². The molecule has 134 valence electrons. The number of rotatable bonds is 4. The van der Waals surface area contributed by atoms with Crippen LogP contribution in [0.4, 0.5) is 21.6 Å². The Morgan fingerprint density at radius 3 is 2.52 bits per heavy atom. The highest BCUT2D eigenvalue weighted by atomic mass is 19.1. The van der Waals surface area contributed by atoms with Crippen LogP contribution < -0.4 is 27.2 Å². The number of nitrogens with zero attached hydrogens (tertiary/aromatic N) is 3. The molecule has 25 heavy (non-hydrogen) atoms. The van der Waals surface area contributed by atoms with Gasteiger partial charge in [0.15, 0.2) is 0 Å². The predicted octanol–water partition coefficient (Wildman–Crippen LogP) is 0.281. The summed E-state index contributed by atoms with van der Waals surface area (Å²) in [4.78, 5) is 38.4. The maximum absolute atomic E-state index is 13.5. The minimum atomic E-state index is -0.710. The first-order chi connectivity index (χ1) is 11.6. The lowest BCUT2D eigenvalue weighted by molar-refractivity contribution is -0.116. The van der Waals surface area contributed by atoms with Gasteiger partial charge in [-0.15, -0.1) is 0 Å². The molecule has 0 radical (unpaired) electrons. The molecule has 0 aliphatic carbocycles. The molecule has 0 unspecified atom stereocenters. The molecule has 0 atom stereocenters. The van der Waals surface area contributed by atoms with E-state index in [9.17, 15) is 18.8 Å². The van der Waals surface area contributed by atoms with Gasteiger partial charge >= 0.3 is 5.69 Å². The van der Waals surface area contributed by atoms with Gasteiger partial charge in [-0.25, -0.2) is 13.8 Å². The van der Waals surface area contributed by atoms with Gasteiger partial charge in [-0.1, -0.05) is 6.07 Å². The number of nitrogen functional groups attached to an aromatic ring is 1. The molecule has 2 rings (SSSR count). The quantitative estimate of drug-likeness (QED) is 0.825. The van der Waals surface area contributed by atoms with Gasteiger partial charge in [-0.3, -0.25) is 14.2 Å². The van der Waals surface area contributed by atoms with E-state index in [1.54, 1.807) is 21.0 Å². The zero-order chi connectivity index (χ0) is 18.9. The van der Waals surface area contributed by atoms with Crippen molar-refractivity contribution in [3.8, 4) is 0 Å². The van der Waals surface area contributed by atoms with Crippen molar-refractivity contribution in [2.75, 3.05) is 30.0 Å². The summed E-state index contributed by atoms with van der Waals surface area (Å²) in [5.74, 6) is -1.08. The molecule has 0 aliphatic rings. The number of nitrogens with two attached hydrogens (primary N) is 1. The van der Waals surface area contributed by atoms with Crippen LogP contribution in [0.3, 0.4) is 0 Å². The number of carbonyl (C=O) groups excluding carboxylic acids is 1. The molecule has 3 N–H and O–H groups in total. The molecule has 0 fully saturated rings. The van der Waals surface area contributed by atoms with E-state index in [0.29, 0.717) is 5.56 Å². The van der Waals surface area contributed by atoms with Crippen LogP contribution in [0.2, 0.25) is 0 Å². The number of amides is 1. The van der Waals surface area contributed by atoms with Crippen molar-refractivity contribution >= 4 is 23.1 Å². The molecule has 1 heterocycles. The second-order valence-corrected chi connectivity index (χ2v) is 5.87. The van der Waals surface area contributed by atoms with Crippen molar-refractivity contribution in [1.29, 1.82) is 0 Å². The summed E-state index contributed by atoms with van der Waals surface area (Å²) in [5, 5.41) is 2.46. The number of benzene rings is 1. The Bertz CT molecular complexity index is 946. The van der Waals surface area contributed by atoms with Gasteiger partial charge in [-0.2, -0.15) is 0 Å². The van der Waals surface area contributed by atoms with Gasteiger partial charge < -0.3 is 16.0 Å². The highest BCUT2D eigenvalue weighted by Crippen LogP contribution is 2.14. The minimum Gasteiger partial charge on any atom is -0.383 e. The monoisotopic (exact) mass is 349 g/mol. The number of halogens is 1. The van der Waals surface area contributed by atoms with Crippen LogP contribution in [0.15, 0.2) is 27.8 Å². The summed E-state index contributed by atoms with van der Waals surface area (Å²) >= 11 is 0. The lowest BCUT2D eigenvalue weighted by atomic mass is 10.2. The fraction of sp³-hybridized carbons (Fsp3) is 0.312. The topological polar surface area (TPSA) is 102 Å². The fourth-order valence-electron chi connectivity index (χ4n) is 2.34. The molecular formula is C16H20FN5O3. The van der Waals surface area contributed by atoms with Crippen LogP contribution in [-0.2, 0) is 18.4 Å². The van der Waals surface area contributed by atoms with E-state index in [0.717, 1.165) is 9.13 Å². The number of hydrogen-bond acceptors (Lipinski definition) is 5. The first-order valence-electron chi connectivity index (χ1n) is 7.46. The molecule has 2 aromatic rings. The second-order valence-electron chi connectivity index (χ2n) is 5.87. The van der Waals surface area contributed by atoms with E-state index in [1.165, 1.54) is 30.1 Å². The van der Waals surface area contributed by atoms with Crippen LogP contribution in [0.25, 0.3) is 0 Å². The maximum Gasteiger partial charge on any atom is 0.332 e. The third-order valence-electron chi connectivity index (χ3n) is 3.77. The maximum atomic E-state index is 13.5. The lowest BCUT2D eigenvalue weighted by Gasteiger charge is -2.18. The van der Waals surface area contributed by atoms with Gasteiger partial charge in [0, 0.05) is 26.8 Å². The zero-order valence-electron chi connectivity index (χ0n) is 14.5. The average Bonchev–Trinajstić information content (AvgIpc) is 2.53. The molecule has 1 amide bonds. The van der Waals surface area contributed by atoms with Gasteiger partial charge in [0.1, 0.15) is 23.9 Å². The Kier molecular flexibility index (Phi) is 4.96. The molecule has 0 saturated heterocycles. The van der Waals surface area contributed by atoms with E-state index in [2.05, 4.69) is 5.32 Å². The number of nitrogens with one attached hydrogen (secondary N) is 1. The molecule has 1 aromatic carbocycles. The molecule has 1 aromatic heterocycles. The fourth-order valence-corrected chi connectivity index (χ4v) is 2.34. The normalized spacial score (nSPS) is 10.6. The Hall–Kier alpha value is -3.10. The van der Waals surface area contributed by atoms with E-state index in [1.807, 2.05) is 0 Å². The first-order valence-corrected chi connectivity index (χ1v) is 7.46. The molecule has 0 bridgehead atoms. The average molecular weight is 349 g/mol. The number of aryl methyl sites for hydroxylation is 1. The standard InChI is InChI=1S/C16H20FN5O3/c1-9-5-6-10(7-11(9)17)19-12(23)8-22-15(24)13(20(2)3)14(18)21(4)16(22)25/h5-7H,8,18H2,1-4H3,(H,19,23). The number of carbonyl (C=O) groups is 1. The van der Waals surface area contributed by atoms with Crippen LogP contribution in [-0.4, -0.2) is 29.1 Å². The third kappa shape index (κ3) is 3.54. The predicted molar refractivity (Wildman–Crippen MR) is 94.4 cm³/mol. The molecule has 0 saturated carbocycles. The smallest absolute Gasteiger partial charge is 0.332 e. The Balaban J connectivity index is 2.36. The largest absolute Gasteiger partial charge is 0.383 e. The van der Waals surface area contributed by atoms with Gasteiger partial charge in [0.05, 0.1) is 0 Å². The number of hydrogen-bond donors (Lipinski definition) is 2. The summed E-state index contributed by atoms with van der Waals surface area (Å²) in [7, 11) is 4.63. The highest BCUT2D eigenvalue weighted by molar-refractivity contribution is 5.90. The van der Waals surface area contributed by atoms with Crippen LogP contribution in [0.5, 0.6) is 0 Å². The molecular weight excluding hydrogens is 329 g/mol. The van der Waals surface area contributed by atoms with Crippen molar-refractivity contribution in [1.82, 2.24) is 9.13 Å². The minimum absolute atomic E-state index is 0.0114. The molecule has 8 nitrogen and oxygen atoms in total. The van der Waals surface area contributed by atoms with Gasteiger partial charge in [-0.05, 0) is 24.6 Å². The Morgan fingerprint density at radius 1 is 1.32 bits per heavy atom. The van der Waals surface area contributed by atoms with Crippen LogP contribution >= 0.6 is 0 Å². The molecule has 0 spiro atoms. The van der Waals surface area contributed by atoms with Crippen LogP contribution in [0, 0.1) is 12.7 Å². The van der Waals surface area contributed by atoms with Crippen molar-refractivity contribution in [2.24, 2.45) is 7.05 Å². The highest BCUT2D eigenvalue weighted by Gasteiger charge is 2.18. The summed E-state index contributed by atoms with van der Waals surface area (Å²) in [6.07, 6.45) is 0. The lowest BCUT2D eigenvalue weighted by Crippen LogP contribution is -2.44. The van der Waals surface area contributed by atoms with Crippen molar-refractivity contribution in [3.63, 3.8) is 0 Å². The van der Waals surface area contributed by atoms with Crippen molar-refractivity contribution < 1.29 is 9.18 Å². The number of aromatic nitrogens is 2. The molecule has 9 heteroatoms. The summed E-state index contributed by atoms with van der Waals surface area (Å²) in [5.41, 5.74) is 5.21. The van der Waals surface area contributed by atoms with E-state index >= 15 is 0 Å². The Labute approximate surface area is 143 Å². The summed E-state index contributed by atoms with van der Waals surface area (Å²) < 4.78 is 15.4. The first kappa shape index (κ1) is 18.2.